The van der Waals surface area contributed by atoms with Gasteiger partial charge in [0.15, 0.2) is 9.84 Å². The van der Waals surface area contributed by atoms with Crippen LogP contribution in [0.5, 0.6) is 0 Å². The standard InChI is InChI=1S/C12H13N3O3S/c1-8-3-4-9(19(2,17)18)7-10(8)12(16)14-11-5-6-13-15-11/h3-7H,1-2H3,(H2,13,14,15,16). The number of nitrogens with zero attached hydrogens (tertiary/aromatic N) is 1. The van der Waals surface area contributed by atoms with Crippen LogP contribution >= 0.6 is 0 Å². The van der Waals surface area contributed by atoms with Crippen LogP contribution in [-0.2, 0) is 9.84 Å². The fourth-order valence-corrected chi connectivity index (χ4v) is 2.24. The van der Waals surface area contributed by atoms with Gasteiger partial charge in [-0.25, -0.2) is 8.42 Å². The normalized spacial score (nSPS) is 11.3. The van der Waals surface area contributed by atoms with Crippen molar-refractivity contribution in [2.75, 3.05) is 11.6 Å². The fraction of sp³-hybridized carbons (Fsp3) is 0.167. The van der Waals surface area contributed by atoms with Gasteiger partial charge in [0.2, 0.25) is 0 Å². The molecule has 0 bridgehead atoms. The van der Waals surface area contributed by atoms with Crippen molar-refractivity contribution in [1.29, 1.82) is 0 Å². The molecule has 0 spiro atoms. The molecule has 1 aromatic heterocycles. The lowest BCUT2D eigenvalue weighted by Crippen LogP contribution is -2.14. The van der Waals surface area contributed by atoms with Gasteiger partial charge in [0.05, 0.1) is 11.1 Å². The number of carbonyl (C=O) groups is 1. The number of amides is 1. The first-order valence-corrected chi connectivity index (χ1v) is 7.38. The van der Waals surface area contributed by atoms with Crippen molar-refractivity contribution < 1.29 is 13.2 Å². The lowest BCUT2D eigenvalue weighted by atomic mass is 10.1. The summed E-state index contributed by atoms with van der Waals surface area (Å²) >= 11 is 0. The summed E-state index contributed by atoms with van der Waals surface area (Å²) in [7, 11) is -3.34. The monoisotopic (exact) mass is 279 g/mol. The largest absolute Gasteiger partial charge is 0.307 e. The molecule has 7 heteroatoms. The number of anilines is 1. The van der Waals surface area contributed by atoms with Gasteiger partial charge in [-0.2, -0.15) is 5.10 Å². The van der Waals surface area contributed by atoms with Crippen LogP contribution < -0.4 is 5.32 Å². The molecular formula is C12H13N3O3S. The summed E-state index contributed by atoms with van der Waals surface area (Å²) < 4.78 is 23.0. The molecule has 2 aromatic rings. The Morgan fingerprint density at radius 3 is 2.63 bits per heavy atom. The topological polar surface area (TPSA) is 91.9 Å². The maximum Gasteiger partial charge on any atom is 0.257 e. The molecule has 0 fully saturated rings. The van der Waals surface area contributed by atoms with Crippen molar-refractivity contribution in [3.63, 3.8) is 0 Å². The first-order chi connectivity index (χ1) is 8.88. The van der Waals surface area contributed by atoms with Crippen LogP contribution in [0.3, 0.4) is 0 Å². The number of aromatic nitrogens is 2. The number of aromatic amines is 1. The van der Waals surface area contributed by atoms with Crippen molar-refractivity contribution in [3.8, 4) is 0 Å². The number of rotatable bonds is 3. The molecule has 0 saturated carbocycles. The van der Waals surface area contributed by atoms with E-state index >= 15 is 0 Å². The zero-order valence-corrected chi connectivity index (χ0v) is 11.3. The van der Waals surface area contributed by atoms with E-state index in [0.29, 0.717) is 16.9 Å². The summed E-state index contributed by atoms with van der Waals surface area (Å²) in [5, 5.41) is 8.92. The summed E-state index contributed by atoms with van der Waals surface area (Å²) in [4.78, 5) is 12.2. The Labute approximate surface area is 110 Å². The van der Waals surface area contributed by atoms with Crippen molar-refractivity contribution in [3.05, 3.63) is 41.6 Å². The van der Waals surface area contributed by atoms with Crippen molar-refractivity contribution in [1.82, 2.24) is 10.2 Å². The molecule has 1 aromatic carbocycles. The Balaban J connectivity index is 2.36. The molecule has 1 amide bonds. The number of benzene rings is 1. The number of carbonyl (C=O) groups excluding carboxylic acids is 1. The zero-order chi connectivity index (χ0) is 14.0. The molecule has 6 nitrogen and oxygen atoms in total. The third kappa shape index (κ3) is 3.00. The van der Waals surface area contributed by atoms with Crippen LogP contribution in [0.25, 0.3) is 0 Å². The van der Waals surface area contributed by atoms with Crippen LogP contribution in [0.15, 0.2) is 35.4 Å². The summed E-state index contributed by atoms with van der Waals surface area (Å²) in [5.41, 5.74) is 1.02. The average molecular weight is 279 g/mol. The highest BCUT2D eigenvalue weighted by molar-refractivity contribution is 7.90. The van der Waals surface area contributed by atoms with Crippen LogP contribution in [0, 0.1) is 6.92 Å². The van der Waals surface area contributed by atoms with Gasteiger partial charge in [-0.05, 0) is 24.6 Å². The first-order valence-electron chi connectivity index (χ1n) is 5.49. The van der Waals surface area contributed by atoms with Gasteiger partial charge in [0.1, 0.15) is 5.82 Å². The Morgan fingerprint density at radius 1 is 1.32 bits per heavy atom. The summed E-state index contributed by atoms with van der Waals surface area (Å²) in [6, 6.07) is 6.07. The van der Waals surface area contributed by atoms with Gasteiger partial charge in [-0.3, -0.25) is 9.89 Å². The molecule has 2 rings (SSSR count). The van der Waals surface area contributed by atoms with E-state index in [2.05, 4.69) is 15.5 Å². The molecule has 0 atom stereocenters. The van der Waals surface area contributed by atoms with E-state index in [0.717, 1.165) is 6.26 Å². The highest BCUT2D eigenvalue weighted by atomic mass is 32.2. The highest BCUT2D eigenvalue weighted by Gasteiger charge is 2.14. The molecule has 19 heavy (non-hydrogen) atoms. The molecular weight excluding hydrogens is 266 g/mol. The minimum absolute atomic E-state index is 0.118. The van der Waals surface area contributed by atoms with Gasteiger partial charge >= 0.3 is 0 Å². The number of hydrogen-bond acceptors (Lipinski definition) is 4. The zero-order valence-electron chi connectivity index (χ0n) is 10.5. The maximum atomic E-state index is 12.1. The van der Waals surface area contributed by atoms with E-state index in [9.17, 15) is 13.2 Å². The molecule has 0 aliphatic rings. The minimum atomic E-state index is -3.34. The van der Waals surface area contributed by atoms with Crippen molar-refractivity contribution >= 4 is 21.6 Å². The highest BCUT2D eigenvalue weighted by Crippen LogP contribution is 2.16. The predicted octanol–water partition coefficient (Wildman–Crippen LogP) is 1.37. The fourth-order valence-electron chi connectivity index (χ4n) is 1.59. The van der Waals surface area contributed by atoms with Crippen molar-refractivity contribution in [2.24, 2.45) is 0 Å². The Hall–Kier alpha value is -2.15. The van der Waals surface area contributed by atoms with Gasteiger partial charge in [-0.15, -0.1) is 0 Å². The smallest absolute Gasteiger partial charge is 0.257 e. The van der Waals surface area contributed by atoms with Crippen LogP contribution in [0.4, 0.5) is 5.82 Å². The van der Waals surface area contributed by atoms with Crippen LogP contribution in [0.1, 0.15) is 15.9 Å². The molecule has 2 N–H and O–H groups in total. The van der Waals surface area contributed by atoms with Crippen LogP contribution in [0.2, 0.25) is 0 Å². The molecule has 1 heterocycles. The second-order valence-corrected chi connectivity index (χ2v) is 6.19. The third-order valence-corrected chi connectivity index (χ3v) is 3.74. The molecule has 0 radical (unpaired) electrons. The van der Waals surface area contributed by atoms with E-state index in [1.165, 1.54) is 18.3 Å². The predicted molar refractivity (Wildman–Crippen MR) is 70.8 cm³/mol. The molecule has 0 aliphatic heterocycles. The third-order valence-electron chi connectivity index (χ3n) is 2.63. The molecule has 0 aliphatic carbocycles. The molecule has 100 valence electrons. The lowest BCUT2D eigenvalue weighted by molar-refractivity contribution is 0.102. The maximum absolute atomic E-state index is 12.1. The summed E-state index contributed by atoms with van der Waals surface area (Å²) in [5.74, 6) is 0.0707. The summed E-state index contributed by atoms with van der Waals surface area (Å²) in [6.07, 6.45) is 2.61. The first kappa shape index (κ1) is 13.3. The van der Waals surface area contributed by atoms with Gasteiger partial charge < -0.3 is 5.32 Å². The minimum Gasteiger partial charge on any atom is -0.307 e. The quantitative estimate of drug-likeness (QED) is 0.887. The van der Waals surface area contributed by atoms with Gasteiger partial charge in [-0.1, -0.05) is 6.07 Å². The number of hydrogen-bond donors (Lipinski definition) is 2. The van der Waals surface area contributed by atoms with Gasteiger partial charge in [0, 0.05) is 17.9 Å². The van der Waals surface area contributed by atoms with Gasteiger partial charge in [0.25, 0.3) is 5.91 Å². The van der Waals surface area contributed by atoms with E-state index in [4.69, 9.17) is 0 Å². The average Bonchev–Trinajstić information content (AvgIpc) is 2.80. The Morgan fingerprint density at radius 2 is 2.05 bits per heavy atom. The SMILES string of the molecule is Cc1ccc(S(C)(=O)=O)cc1C(=O)Nc1ccn[nH]1. The molecule has 0 saturated heterocycles. The second kappa shape index (κ2) is 4.85. The van der Waals surface area contributed by atoms with Crippen LogP contribution in [-0.4, -0.2) is 30.8 Å². The van der Waals surface area contributed by atoms with E-state index < -0.39 is 9.84 Å². The second-order valence-electron chi connectivity index (χ2n) is 4.17. The number of sulfone groups is 1. The van der Waals surface area contributed by atoms with E-state index in [1.807, 2.05) is 0 Å². The molecule has 0 unspecified atom stereocenters. The summed E-state index contributed by atoms with van der Waals surface area (Å²) in [6.45, 7) is 1.74. The van der Waals surface area contributed by atoms with Crippen molar-refractivity contribution in [2.45, 2.75) is 11.8 Å². The number of H-pyrrole nitrogens is 1. The van der Waals surface area contributed by atoms with E-state index in [-0.39, 0.29) is 10.8 Å². The Bertz CT molecular complexity index is 706. The van der Waals surface area contributed by atoms with E-state index in [1.54, 1.807) is 19.1 Å². The number of nitrogens with one attached hydrogen (secondary N) is 2. The number of aryl methyl sites for hydroxylation is 1. The Kier molecular flexibility index (Phi) is 3.39. The lowest BCUT2D eigenvalue weighted by Gasteiger charge is -2.08.